The molecule has 1 atom stereocenters. The largest absolute Gasteiger partial charge is 0.465 e. The van der Waals surface area contributed by atoms with E-state index in [1.807, 2.05) is 36.4 Å². The third-order valence-electron chi connectivity index (χ3n) is 5.66. The predicted molar refractivity (Wildman–Crippen MR) is 112 cm³/mol. The first-order chi connectivity index (χ1) is 14.6. The lowest BCUT2D eigenvalue weighted by molar-refractivity contribution is 0.134. The zero-order valence-electron chi connectivity index (χ0n) is 16.8. The van der Waals surface area contributed by atoms with E-state index in [1.165, 1.54) is 4.90 Å². The van der Waals surface area contributed by atoms with Crippen LogP contribution < -0.4 is 10.2 Å². The number of benzene rings is 1. The number of pyridine rings is 1. The first-order valence-electron chi connectivity index (χ1n) is 10.3. The SMILES string of the molecule is O=C(N[C@H]1CCc2nc(N3CCN(C(=O)O)CC3)ccc2C1)OCc1ccccc1. The zero-order chi connectivity index (χ0) is 20.9. The summed E-state index contributed by atoms with van der Waals surface area (Å²) >= 11 is 0. The number of aromatic nitrogens is 1. The van der Waals surface area contributed by atoms with Crippen molar-refractivity contribution in [2.45, 2.75) is 31.9 Å². The molecule has 0 spiro atoms. The van der Waals surface area contributed by atoms with Gasteiger partial charge in [0.1, 0.15) is 12.4 Å². The average molecular weight is 410 g/mol. The molecule has 0 bridgehead atoms. The summed E-state index contributed by atoms with van der Waals surface area (Å²) < 4.78 is 5.32. The molecule has 0 saturated carbocycles. The van der Waals surface area contributed by atoms with Gasteiger partial charge in [-0.05, 0) is 36.5 Å². The minimum atomic E-state index is -0.867. The van der Waals surface area contributed by atoms with Gasteiger partial charge in [0.05, 0.1) is 0 Å². The van der Waals surface area contributed by atoms with E-state index in [0.29, 0.717) is 26.2 Å². The topological polar surface area (TPSA) is 95.0 Å². The van der Waals surface area contributed by atoms with E-state index < -0.39 is 12.2 Å². The molecule has 1 aliphatic carbocycles. The van der Waals surface area contributed by atoms with Crippen LogP contribution in [0.5, 0.6) is 0 Å². The van der Waals surface area contributed by atoms with Crippen molar-refractivity contribution in [2.75, 3.05) is 31.1 Å². The van der Waals surface area contributed by atoms with Crippen LogP contribution >= 0.6 is 0 Å². The predicted octanol–water partition coefficient (Wildman–Crippen LogP) is 2.67. The Morgan fingerprint density at radius 1 is 1.10 bits per heavy atom. The van der Waals surface area contributed by atoms with Gasteiger partial charge >= 0.3 is 12.2 Å². The van der Waals surface area contributed by atoms with E-state index in [-0.39, 0.29) is 12.6 Å². The standard InChI is InChI=1S/C22H26N4O4/c27-21(30-15-16-4-2-1-3-5-16)23-18-7-8-19-17(14-18)6-9-20(24-19)25-10-12-26(13-11-25)22(28)29/h1-6,9,18H,7-8,10-15H2,(H,23,27)(H,28,29)/t18-/m0/s1. The minimum absolute atomic E-state index is 0.0348. The number of nitrogens with one attached hydrogen (secondary N) is 1. The molecule has 1 saturated heterocycles. The Morgan fingerprint density at radius 2 is 1.87 bits per heavy atom. The summed E-state index contributed by atoms with van der Waals surface area (Å²) in [5.74, 6) is 0.896. The van der Waals surface area contributed by atoms with Crippen molar-refractivity contribution in [3.05, 3.63) is 59.3 Å². The second-order valence-electron chi connectivity index (χ2n) is 7.68. The first-order valence-corrected chi connectivity index (χ1v) is 10.3. The van der Waals surface area contributed by atoms with E-state index in [2.05, 4.69) is 16.3 Å². The molecule has 8 nitrogen and oxygen atoms in total. The van der Waals surface area contributed by atoms with Crippen molar-refractivity contribution >= 4 is 18.0 Å². The number of carbonyl (C=O) groups excluding carboxylic acids is 1. The zero-order valence-corrected chi connectivity index (χ0v) is 16.8. The summed E-state index contributed by atoms with van der Waals surface area (Å²) in [6.07, 6.45) is 1.08. The Hall–Kier alpha value is -3.29. The Morgan fingerprint density at radius 3 is 2.60 bits per heavy atom. The van der Waals surface area contributed by atoms with Crippen molar-refractivity contribution < 1.29 is 19.4 Å². The molecule has 2 heterocycles. The fourth-order valence-corrected chi connectivity index (χ4v) is 3.96. The average Bonchev–Trinajstić information content (AvgIpc) is 2.78. The highest BCUT2D eigenvalue weighted by Crippen LogP contribution is 2.24. The van der Waals surface area contributed by atoms with E-state index >= 15 is 0 Å². The molecule has 1 fully saturated rings. The van der Waals surface area contributed by atoms with Crippen molar-refractivity contribution in [2.24, 2.45) is 0 Å². The fraction of sp³-hybridized carbons (Fsp3) is 0.409. The molecule has 1 aromatic carbocycles. The Kier molecular flexibility index (Phi) is 6.02. The highest BCUT2D eigenvalue weighted by Gasteiger charge is 2.25. The number of rotatable bonds is 4. The van der Waals surface area contributed by atoms with E-state index in [9.17, 15) is 9.59 Å². The molecule has 2 amide bonds. The number of piperazine rings is 1. The number of aryl methyl sites for hydroxylation is 1. The molecule has 0 unspecified atom stereocenters. The molecule has 30 heavy (non-hydrogen) atoms. The molecular formula is C22H26N4O4. The van der Waals surface area contributed by atoms with E-state index in [4.69, 9.17) is 14.8 Å². The summed E-state index contributed by atoms with van der Waals surface area (Å²) in [6.45, 7) is 2.54. The van der Waals surface area contributed by atoms with Gasteiger partial charge in [-0.15, -0.1) is 0 Å². The second-order valence-corrected chi connectivity index (χ2v) is 7.68. The summed E-state index contributed by atoms with van der Waals surface area (Å²) in [6, 6.07) is 13.7. The number of carboxylic acid groups (broad SMARTS) is 1. The van der Waals surface area contributed by atoms with Crippen LogP contribution in [0.4, 0.5) is 15.4 Å². The monoisotopic (exact) mass is 410 g/mol. The van der Waals surface area contributed by atoms with Crippen molar-refractivity contribution in [3.8, 4) is 0 Å². The lowest BCUT2D eigenvalue weighted by atomic mass is 9.92. The van der Waals surface area contributed by atoms with Gasteiger partial charge < -0.3 is 25.0 Å². The Balaban J connectivity index is 1.29. The third kappa shape index (κ3) is 4.82. The number of alkyl carbamates (subject to hydrolysis) is 1. The van der Waals surface area contributed by atoms with Gasteiger partial charge in [-0.2, -0.15) is 0 Å². The quantitative estimate of drug-likeness (QED) is 0.805. The number of hydrogen-bond donors (Lipinski definition) is 2. The van der Waals surface area contributed by atoms with Crippen LogP contribution in [-0.4, -0.2) is 59.4 Å². The summed E-state index contributed by atoms with van der Waals surface area (Å²) in [5, 5.41) is 12.0. The molecule has 1 aliphatic heterocycles. The number of anilines is 1. The van der Waals surface area contributed by atoms with Crippen LogP contribution in [0.1, 0.15) is 23.2 Å². The van der Waals surface area contributed by atoms with Crippen LogP contribution in [0.3, 0.4) is 0 Å². The highest BCUT2D eigenvalue weighted by atomic mass is 16.5. The Labute approximate surface area is 175 Å². The fourth-order valence-electron chi connectivity index (χ4n) is 3.96. The van der Waals surface area contributed by atoms with Crippen LogP contribution in [0.15, 0.2) is 42.5 Å². The molecule has 2 N–H and O–H groups in total. The second kappa shape index (κ2) is 9.02. The normalized spacial score (nSPS) is 18.5. The molecular weight excluding hydrogens is 384 g/mol. The molecule has 2 aliphatic rings. The van der Waals surface area contributed by atoms with Gasteiger partial charge in [0, 0.05) is 37.9 Å². The third-order valence-corrected chi connectivity index (χ3v) is 5.66. The summed E-state index contributed by atoms with van der Waals surface area (Å²) in [4.78, 5) is 31.6. The van der Waals surface area contributed by atoms with Crippen molar-refractivity contribution in [3.63, 3.8) is 0 Å². The Bertz CT molecular complexity index is 897. The van der Waals surface area contributed by atoms with Gasteiger partial charge in [-0.1, -0.05) is 36.4 Å². The maximum Gasteiger partial charge on any atom is 0.407 e. The van der Waals surface area contributed by atoms with Gasteiger partial charge in [0.25, 0.3) is 0 Å². The first kappa shape index (κ1) is 20.0. The maximum atomic E-state index is 12.1. The number of amides is 2. The molecule has 0 radical (unpaired) electrons. The van der Waals surface area contributed by atoms with E-state index in [0.717, 1.165) is 41.9 Å². The summed E-state index contributed by atoms with van der Waals surface area (Å²) in [7, 11) is 0. The van der Waals surface area contributed by atoms with Crippen LogP contribution in [0.25, 0.3) is 0 Å². The number of fused-ring (bicyclic) bond motifs is 1. The lowest BCUT2D eigenvalue weighted by Gasteiger charge is -2.34. The molecule has 1 aromatic heterocycles. The molecule has 4 rings (SSSR count). The molecule has 8 heteroatoms. The minimum Gasteiger partial charge on any atom is -0.465 e. The highest BCUT2D eigenvalue weighted by molar-refractivity contribution is 5.67. The number of nitrogens with zero attached hydrogens (tertiary/aromatic N) is 3. The van der Waals surface area contributed by atoms with Crippen LogP contribution in [0, 0.1) is 0 Å². The number of hydrogen-bond acceptors (Lipinski definition) is 5. The smallest absolute Gasteiger partial charge is 0.407 e. The van der Waals surface area contributed by atoms with Gasteiger partial charge in [-0.3, -0.25) is 0 Å². The van der Waals surface area contributed by atoms with Gasteiger partial charge in [-0.25, -0.2) is 14.6 Å². The molecule has 158 valence electrons. The number of carbonyl (C=O) groups is 2. The lowest BCUT2D eigenvalue weighted by Crippen LogP contribution is -2.48. The van der Waals surface area contributed by atoms with Crippen molar-refractivity contribution in [1.29, 1.82) is 0 Å². The van der Waals surface area contributed by atoms with Gasteiger partial charge in [0.2, 0.25) is 0 Å². The van der Waals surface area contributed by atoms with Crippen LogP contribution in [-0.2, 0) is 24.2 Å². The maximum absolute atomic E-state index is 12.1. The van der Waals surface area contributed by atoms with E-state index in [1.54, 1.807) is 0 Å². The van der Waals surface area contributed by atoms with Crippen molar-refractivity contribution in [1.82, 2.24) is 15.2 Å². The van der Waals surface area contributed by atoms with Gasteiger partial charge in [0.15, 0.2) is 0 Å². The van der Waals surface area contributed by atoms with Crippen LogP contribution in [0.2, 0.25) is 0 Å². The number of ether oxygens (including phenoxy) is 1. The summed E-state index contributed by atoms with van der Waals surface area (Å²) in [5.41, 5.74) is 3.16. The molecule has 2 aromatic rings.